The molecule has 0 bridgehead atoms. The van der Waals surface area contributed by atoms with Crippen LogP contribution < -0.4 is 0 Å². The Hall–Kier alpha value is -1.00. The zero-order valence-corrected chi connectivity index (χ0v) is 7.94. The lowest BCUT2D eigenvalue weighted by molar-refractivity contribution is 1.26. The van der Waals surface area contributed by atoms with Gasteiger partial charge in [-0.25, -0.2) is 0 Å². The summed E-state index contributed by atoms with van der Waals surface area (Å²) < 4.78 is 0. The molecule has 0 saturated heterocycles. The number of aryl methyl sites for hydroxylation is 2. The summed E-state index contributed by atoms with van der Waals surface area (Å²) in [5, 5.41) is 8.81. The molecule has 1 aromatic carbocycles. The predicted molar refractivity (Wildman–Crippen MR) is 50.2 cm³/mol. The van der Waals surface area contributed by atoms with E-state index in [-0.39, 0.29) is 0 Å². The van der Waals surface area contributed by atoms with Gasteiger partial charge in [-0.2, -0.15) is 5.26 Å². The van der Waals surface area contributed by atoms with Crippen LogP contribution in [0.2, 0.25) is 0 Å². The van der Waals surface area contributed by atoms with Crippen molar-refractivity contribution in [2.75, 3.05) is 0 Å². The van der Waals surface area contributed by atoms with Crippen molar-refractivity contribution in [1.29, 1.82) is 5.26 Å². The minimum Gasteiger partial charge on any atom is -0.192 e. The van der Waals surface area contributed by atoms with E-state index in [0.29, 0.717) is 5.88 Å². The molecule has 0 unspecified atom stereocenters. The Morgan fingerprint density at radius 3 is 2.58 bits per heavy atom. The molecule has 1 aromatic rings. The molecule has 0 spiro atoms. The average molecular weight is 180 g/mol. The average Bonchev–Trinajstić information content (AvgIpc) is 2.03. The van der Waals surface area contributed by atoms with Gasteiger partial charge < -0.3 is 0 Å². The summed E-state index contributed by atoms with van der Waals surface area (Å²) in [7, 11) is 0. The summed E-state index contributed by atoms with van der Waals surface area (Å²) in [6, 6.07) is 6.11. The first-order chi connectivity index (χ1) is 5.69. The molecule has 12 heavy (non-hydrogen) atoms. The summed E-state index contributed by atoms with van der Waals surface area (Å²) in [4.78, 5) is 0. The van der Waals surface area contributed by atoms with Crippen molar-refractivity contribution in [1.82, 2.24) is 0 Å². The predicted octanol–water partition coefficient (Wildman–Crippen LogP) is 2.91. The molecule has 0 atom stereocenters. The van der Waals surface area contributed by atoms with Crippen molar-refractivity contribution in [3.05, 3.63) is 34.4 Å². The van der Waals surface area contributed by atoms with Crippen LogP contribution in [0.25, 0.3) is 0 Å². The Balaban J connectivity index is 3.36. The van der Waals surface area contributed by atoms with Gasteiger partial charge in [-0.05, 0) is 25.0 Å². The van der Waals surface area contributed by atoms with Gasteiger partial charge in [0.1, 0.15) is 0 Å². The smallest absolute Gasteiger partial charge is 0.0997 e. The van der Waals surface area contributed by atoms with Crippen molar-refractivity contribution in [2.45, 2.75) is 19.7 Å². The van der Waals surface area contributed by atoms with Gasteiger partial charge in [-0.15, -0.1) is 11.6 Å². The SMILES string of the molecule is Cc1cc(C)c(C#N)c(CCl)c1. The molecular weight excluding hydrogens is 170 g/mol. The second-order valence-electron chi connectivity index (χ2n) is 2.86. The van der Waals surface area contributed by atoms with Crippen LogP contribution in [0.4, 0.5) is 0 Å². The molecule has 0 aliphatic carbocycles. The molecule has 0 aliphatic heterocycles. The van der Waals surface area contributed by atoms with Crippen LogP contribution in [0.1, 0.15) is 22.3 Å². The van der Waals surface area contributed by atoms with Gasteiger partial charge in [0.25, 0.3) is 0 Å². The van der Waals surface area contributed by atoms with E-state index >= 15 is 0 Å². The molecule has 1 rings (SSSR count). The number of nitrogens with zero attached hydrogens (tertiary/aromatic N) is 1. The van der Waals surface area contributed by atoms with Crippen molar-refractivity contribution in [3.8, 4) is 6.07 Å². The lowest BCUT2D eigenvalue weighted by Gasteiger charge is -2.04. The van der Waals surface area contributed by atoms with Gasteiger partial charge in [-0.3, -0.25) is 0 Å². The van der Waals surface area contributed by atoms with Gasteiger partial charge in [0, 0.05) is 5.88 Å². The van der Waals surface area contributed by atoms with E-state index in [1.807, 2.05) is 26.0 Å². The van der Waals surface area contributed by atoms with Crippen LogP contribution in [-0.4, -0.2) is 0 Å². The fourth-order valence-corrected chi connectivity index (χ4v) is 1.53. The Labute approximate surface area is 77.6 Å². The Bertz CT molecular complexity index is 336. The molecular formula is C10H10ClN. The van der Waals surface area contributed by atoms with Crippen LogP contribution in [0, 0.1) is 25.2 Å². The molecule has 0 heterocycles. The highest BCUT2D eigenvalue weighted by Crippen LogP contribution is 2.17. The summed E-state index contributed by atoms with van der Waals surface area (Å²) >= 11 is 5.70. The third-order valence-corrected chi connectivity index (χ3v) is 2.11. The fourth-order valence-electron chi connectivity index (χ4n) is 1.32. The lowest BCUT2D eigenvalue weighted by atomic mass is 10.0. The third-order valence-electron chi connectivity index (χ3n) is 1.82. The molecule has 2 heteroatoms. The van der Waals surface area contributed by atoms with Gasteiger partial charge >= 0.3 is 0 Å². The highest BCUT2D eigenvalue weighted by molar-refractivity contribution is 6.17. The van der Waals surface area contributed by atoms with Crippen LogP contribution in [-0.2, 0) is 5.88 Å². The fraction of sp³-hybridized carbons (Fsp3) is 0.300. The Morgan fingerprint density at radius 2 is 2.08 bits per heavy atom. The topological polar surface area (TPSA) is 23.8 Å². The Morgan fingerprint density at radius 1 is 1.42 bits per heavy atom. The van der Waals surface area contributed by atoms with Gasteiger partial charge in [-0.1, -0.05) is 17.7 Å². The monoisotopic (exact) mass is 179 g/mol. The van der Waals surface area contributed by atoms with Gasteiger partial charge in [0.2, 0.25) is 0 Å². The summed E-state index contributed by atoms with van der Waals surface area (Å²) in [5.74, 6) is 0.408. The molecule has 1 nitrogen and oxygen atoms in total. The van der Waals surface area contributed by atoms with Crippen LogP contribution >= 0.6 is 11.6 Å². The molecule has 0 amide bonds. The minimum atomic E-state index is 0.408. The van der Waals surface area contributed by atoms with Crippen LogP contribution in [0.3, 0.4) is 0 Å². The molecule has 0 aliphatic rings. The van der Waals surface area contributed by atoms with E-state index in [9.17, 15) is 0 Å². The van der Waals surface area contributed by atoms with E-state index in [2.05, 4.69) is 6.07 Å². The number of halogens is 1. The second kappa shape index (κ2) is 3.60. The molecule has 0 fully saturated rings. The summed E-state index contributed by atoms with van der Waals surface area (Å²) in [6.45, 7) is 3.94. The van der Waals surface area contributed by atoms with Gasteiger partial charge in [0.15, 0.2) is 0 Å². The van der Waals surface area contributed by atoms with Crippen molar-refractivity contribution < 1.29 is 0 Å². The molecule has 62 valence electrons. The first-order valence-corrected chi connectivity index (χ1v) is 4.28. The Kier molecular flexibility index (Phi) is 2.73. The molecule has 0 saturated carbocycles. The van der Waals surface area contributed by atoms with Crippen LogP contribution in [0.15, 0.2) is 12.1 Å². The molecule has 0 N–H and O–H groups in total. The lowest BCUT2D eigenvalue weighted by Crippen LogP contribution is -1.91. The summed E-state index contributed by atoms with van der Waals surface area (Å²) in [5.41, 5.74) is 3.81. The minimum absolute atomic E-state index is 0.408. The van der Waals surface area contributed by atoms with E-state index in [1.165, 1.54) is 0 Å². The normalized spacial score (nSPS) is 9.50. The quantitative estimate of drug-likeness (QED) is 0.609. The zero-order valence-electron chi connectivity index (χ0n) is 7.19. The maximum atomic E-state index is 8.81. The number of rotatable bonds is 1. The second-order valence-corrected chi connectivity index (χ2v) is 3.13. The first kappa shape index (κ1) is 9.09. The maximum Gasteiger partial charge on any atom is 0.0997 e. The van der Waals surface area contributed by atoms with Crippen molar-refractivity contribution >= 4 is 11.6 Å². The van der Waals surface area contributed by atoms with Crippen molar-refractivity contribution in [2.24, 2.45) is 0 Å². The number of benzene rings is 1. The maximum absolute atomic E-state index is 8.81. The molecule has 0 radical (unpaired) electrons. The number of nitriles is 1. The van der Waals surface area contributed by atoms with E-state index in [0.717, 1.165) is 22.3 Å². The van der Waals surface area contributed by atoms with E-state index in [4.69, 9.17) is 16.9 Å². The van der Waals surface area contributed by atoms with E-state index in [1.54, 1.807) is 0 Å². The highest BCUT2D eigenvalue weighted by atomic mass is 35.5. The van der Waals surface area contributed by atoms with Gasteiger partial charge in [0.05, 0.1) is 11.6 Å². The number of hydrogen-bond donors (Lipinski definition) is 0. The zero-order chi connectivity index (χ0) is 9.14. The first-order valence-electron chi connectivity index (χ1n) is 3.75. The summed E-state index contributed by atoms with van der Waals surface area (Å²) in [6.07, 6.45) is 0. The standard InChI is InChI=1S/C10H10ClN/c1-7-3-8(2)10(6-12)9(4-7)5-11/h3-4H,5H2,1-2H3. The number of hydrogen-bond acceptors (Lipinski definition) is 1. The highest BCUT2D eigenvalue weighted by Gasteiger charge is 2.04. The van der Waals surface area contributed by atoms with E-state index < -0.39 is 0 Å². The van der Waals surface area contributed by atoms with Crippen molar-refractivity contribution in [3.63, 3.8) is 0 Å². The third kappa shape index (κ3) is 1.60. The van der Waals surface area contributed by atoms with Crippen LogP contribution in [0.5, 0.6) is 0 Å². The molecule has 0 aromatic heterocycles. The number of alkyl halides is 1. The largest absolute Gasteiger partial charge is 0.192 e.